The maximum Gasteiger partial charge on any atom is 0.302 e. The number of esters is 1. The van der Waals surface area contributed by atoms with Gasteiger partial charge < -0.3 is 4.74 Å². The van der Waals surface area contributed by atoms with Gasteiger partial charge in [0.05, 0.1) is 6.61 Å². The first-order chi connectivity index (χ1) is 13.0. The van der Waals surface area contributed by atoms with E-state index < -0.39 is 0 Å². The van der Waals surface area contributed by atoms with Crippen LogP contribution in [0.3, 0.4) is 0 Å². The van der Waals surface area contributed by atoms with E-state index in [0.29, 0.717) is 37.3 Å². The van der Waals surface area contributed by atoms with Crippen molar-refractivity contribution in [1.29, 1.82) is 0 Å². The Bertz CT molecular complexity index is 699. The van der Waals surface area contributed by atoms with E-state index in [4.69, 9.17) is 16.3 Å². The van der Waals surface area contributed by atoms with Crippen molar-refractivity contribution in [3.8, 4) is 0 Å². The molecule has 2 rings (SSSR count). The molecule has 0 saturated carbocycles. The van der Waals surface area contributed by atoms with Crippen molar-refractivity contribution >= 4 is 29.1 Å². The smallest absolute Gasteiger partial charge is 0.302 e. The minimum absolute atomic E-state index is 0.0859. The van der Waals surface area contributed by atoms with E-state index in [2.05, 4.69) is 0 Å². The average molecular weight is 389 g/mol. The number of ketones is 2. The third-order valence-electron chi connectivity index (χ3n) is 3.58. The molecule has 144 valence electrons. The maximum atomic E-state index is 11.5. The van der Waals surface area contributed by atoms with Gasteiger partial charge in [-0.15, -0.1) is 11.6 Å². The molecule has 0 aliphatic carbocycles. The van der Waals surface area contributed by atoms with Crippen LogP contribution in [-0.4, -0.2) is 30.0 Å². The molecule has 0 aliphatic rings. The lowest BCUT2D eigenvalue weighted by atomic mass is 10.1. The van der Waals surface area contributed by atoms with Crippen molar-refractivity contribution in [2.45, 2.75) is 32.6 Å². The number of alkyl halides is 1. The summed E-state index contributed by atoms with van der Waals surface area (Å²) in [6, 6.07) is 18.4. The molecule has 0 aliphatic heterocycles. The van der Waals surface area contributed by atoms with Crippen molar-refractivity contribution in [2.24, 2.45) is 0 Å². The van der Waals surface area contributed by atoms with Crippen molar-refractivity contribution in [1.82, 2.24) is 0 Å². The molecule has 0 spiro atoms. The van der Waals surface area contributed by atoms with Gasteiger partial charge in [-0.3, -0.25) is 14.4 Å². The van der Waals surface area contributed by atoms with Gasteiger partial charge in [-0.25, -0.2) is 0 Å². The number of rotatable bonds is 9. The Labute approximate surface area is 165 Å². The highest BCUT2D eigenvalue weighted by atomic mass is 35.5. The number of halogens is 1. The van der Waals surface area contributed by atoms with Crippen molar-refractivity contribution in [2.75, 3.05) is 12.5 Å². The van der Waals surface area contributed by atoms with Crippen LogP contribution >= 0.6 is 11.6 Å². The molecule has 4 nitrogen and oxygen atoms in total. The van der Waals surface area contributed by atoms with Gasteiger partial charge in [0, 0.05) is 36.8 Å². The summed E-state index contributed by atoms with van der Waals surface area (Å²) in [6.45, 7) is 1.67. The summed E-state index contributed by atoms with van der Waals surface area (Å²) < 4.78 is 4.74. The fourth-order valence-corrected chi connectivity index (χ4v) is 2.35. The molecule has 0 radical (unpaired) electrons. The summed E-state index contributed by atoms with van der Waals surface area (Å²) in [5, 5.41) is 0. The van der Waals surface area contributed by atoms with Crippen LogP contribution in [0.2, 0.25) is 0 Å². The van der Waals surface area contributed by atoms with Crippen LogP contribution in [0.1, 0.15) is 53.3 Å². The summed E-state index contributed by atoms with van der Waals surface area (Å²) in [7, 11) is 0. The summed E-state index contributed by atoms with van der Waals surface area (Å²) in [4.78, 5) is 33.3. The first kappa shape index (κ1) is 22.6. The van der Waals surface area contributed by atoms with Crippen LogP contribution in [0.15, 0.2) is 60.7 Å². The molecule has 0 aromatic heterocycles. The molecular weight excluding hydrogens is 364 g/mol. The second-order valence-electron chi connectivity index (χ2n) is 5.81. The molecule has 0 fully saturated rings. The van der Waals surface area contributed by atoms with Gasteiger partial charge in [0.15, 0.2) is 11.6 Å². The Morgan fingerprint density at radius 2 is 1.22 bits per heavy atom. The molecule has 2 aromatic carbocycles. The Kier molecular flexibility index (Phi) is 11.5. The summed E-state index contributed by atoms with van der Waals surface area (Å²) >= 11 is 5.48. The lowest BCUT2D eigenvalue weighted by molar-refractivity contribution is -0.141. The molecule has 0 N–H and O–H groups in total. The normalized spacial score (nSPS) is 9.70. The molecule has 5 heteroatoms. The number of hydrogen-bond acceptors (Lipinski definition) is 4. The van der Waals surface area contributed by atoms with Crippen LogP contribution in [-0.2, 0) is 9.53 Å². The minimum Gasteiger partial charge on any atom is -0.466 e. The second kappa shape index (κ2) is 13.7. The predicted molar refractivity (Wildman–Crippen MR) is 107 cm³/mol. The van der Waals surface area contributed by atoms with Crippen LogP contribution in [0.25, 0.3) is 0 Å². The Morgan fingerprint density at radius 3 is 1.63 bits per heavy atom. The fraction of sp³-hybridized carbons (Fsp3) is 0.318. The van der Waals surface area contributed by atoms with E-state index in [1.807, 2.05) is 48.5 Å². The third-order valence-corrected chi connectivity index (χ3v) is 3.85. The van der Waals surface area contributed by atoms with Crippen molar-refractivity contribution < 1.29 is 19.1 Å². The van der Waals surface area contributed by atoms with E-state index in [1.165, 1.54) is 6.92 Å². The van der Waals surface area contributed by atoms with Crippen LogP contribution in [0, 0.1) is 0 Å². The minimum atomic E-state index is -0.304. The Hall–Kier alpha value is -2.46. The SMILES string of the molecule is CC(=O)OCCCC(=O)c1ccccc1.O=C(CCCCl)c1ccccc1. The third kappa shape index (κ3) is 10.3. The molecular formula is C22H25ClO4. The lowest BCUT2D eigenvalue weighted by Crippen LogP contribution is -2.04. The van der Waals surface area contributed by atoms with Crippen molar-refractivity contribution in [3.05, 3.63) is 71.8 Å². The van der Waals surface area contributed by atoms with E-state index in [9.17, 15) is 14.4 Å². The van der Waals surface area contributed by atoms with Gasteiger partial charge in [0.2, 0.25) is 0 Å². The number of benzene rings is 2. The largest absolute Gasteiger partial charge is 0.466 e. The van der Waals surface area contributed by atoms with Crippen molar-refractivity contribution in [3.63, 3.8) is 0 Å². The van der Waals surface area contributed by atoms with Gasteiger partial charge in [0.1, 0.15) is 0 Å². The maximum absolute atomic E-state index is 11.5. The van der Waals surface area contributed by atoms with E-state index in [0.717, 1.165) is 12.0 Å². The molecule has 0 heterocycles. The molecule has 0 amide bonds. The number of carbonyl (C=O) groups is 3. The van der Waals surface area contributed by atoms with Gasteiger partial charge in [-0.1, -0.05) is 60.7 Å². The summed E-state index contributed by atoms with van der Waals surface area (Å²) in [5.74, 6) is 0.514. The zero-order valence-electron chi connectivity index (χ0n) is 15.5. The Morgan fingerprint density at radius 1 is 0.778 bits per heavy atom. The topological polar surface area (TPSA) is 60.4 Å². The predicted octanol–water partition coefficient (Wildman–Crippen LogP) is 5.10. The Balaban J connectivity index is 0.000000277. The standard InChI is InChI=1S/C12H14O3.C10H11ClO/c1-10(13)15-9-5-8-12(14)11-6-3-2-4-7-11;11-8-4-7-10(12)9-5-2-1-3-6-9/h2-4,6-7H,5,8-9H2,1H3;1-3,5-6H,4,7-8H2. The molecule has 0 atom stereocenters. The lowest BCUT2D eigenvalue weighted by Gasteiger charge is -2.01. The van der Waals surface area contributed by atoms with E-state index in [-0.39, 0.29) is 17.5 Å². The number of carbonyl (C=O) groups excluding carboxylic acids is 3. The van der Waals surface area contributed by atoms with Crippen LogP contribution in [0.4, 0.5) is 0 Å². The summed E-state index contributed by atoms with van der Waals surface area (Å²) in [5.41, 5.74) is 1.49. The van der Waals surface area contributed by atoms with Gasteiger partial charge in [0.25, 0.3) is 0 Å². The zero-order valence-corrected chi connectivity index (χ0v) is 16.3. The fourth-order valence-electron chi connectivity index (χ4n) is 2.21. The number of Topliss-reactive ketones (excluding diaryl/α,β-unsaturated/α-hetero) is 2. The summed E-state index contributed by atoms with van der Waals surface area (Å²) in [6.07, 6.45) is 2.30. The highest BCUT2D eigenvalue weighted by Crippen LogP contribution is 2.06. The molecule has 2 aromatic rings. The number of hydrogen-bond donors (Lipinski definition) is 0. The van der Waals surface area contributed by atoms with Crippen LogP contribution in [0.5, 0.6) is 0 Å². The first-order valence-corrected chi connectivity index (χ1v) is 9.44. The van der Waals surface area contributed by atoms with Crippen LogP contribution < -0.4 is 0 Å². The molecule has 0 saturated heterocycles. The van der Waals surface area contributed by atoms with Gasteiger partial charge >= 0.3 is 5.97 Å². The molecule has 27 heavy (non-hydrogen) atoms. The van der Waals surface area contributed by atoms with E-state index >= 15 is 0 Å². The number of ether oxygens (including phenoxy) is 1. The molecule has 0 unspecified atom stereocenters. The van der Waals surface area contributed by atoms with E-state index in [1.54, 1.807) is 12.1 Å². The average Bonchev–Trinajstić information content (AvgIpc) is 2.71. The molecule has 0 bridgehead atoms. The first-order valence-electron chi connectivity index (χ1n) is 8.90. The monoisotopic (exact) mass is 388 g/mol. The van der Waals surface area contributed by atoms with Gasteiger partial charge in [-0.2, -0.15) is 0 Å². The highest BCUT2D eigenvalue weighted by Gasteiger charge is 2.04. The zero-order chi connectivity index (χ0) is 19.9. The highest BCUT2D eigenvalue weighted by molar-refractivity contribution is 6.18. The quantitative estimate of drug-likeness (QED) is 0.259. The second-order valence-corrected chi connectivity index (χ2v) is 6.19. The van der Waals surface area contributed by atoms with Gasteiger partial charge in [-0.05, 0) is 12.8 Å².